The van der Waals surface area contributed by atoms with Crippen LogP contribution in [0.4, 0.5) is 4.39 Å². The number of aliphatic carboxylic acids is 1. The van der Waals surface area contributed by atoms with Crippen LogP contribution in [0.15, 0.2) is 12.1 Å². The van der Waals surface area contributed by atoms with Crippen molar-refractivity contribution in [3.8, 4) is 11.5 Å². The Morgan fingerprint density at radius 2 is 1.90 bits per heavy atom. The van der Waals surface area contributed by atoms with Gasteiger partial charge in [-0.15, -0.1) is 0 Å². The molecule has 5 nitrogen and oxygen atoms in total. The van der Waals surface area contributed by atoms with Gasteiger partial charge < -0.3 is 20.3 Å². The van der Waals surface area contributed by atoms with E-state index in [-0.39, 0.29) is 6.42 Å². The number of carboxylic acids is 1. The maximum absolute atomic E-state index is 14.2. The Bertz CT molecular complexity index is 497. The van der Waals surface area contributed by atoms with Gasteiger partial charge in [0.15, 0.2) is 0 Å². The first-order valence-corrected chi connectivity index (χ1v) is 6.13. The van der Waals surface area contributed by atoms with Crippen LogP contribution in [-0.2, 0) is 16.9 Å². The molecule has 6 heteroatoms. The van der Waals surface area contributed by atoms with Crippen molar-refractivity contribution >= 4 is 5.97 Å². The Morgan fingerprint density at radius 3 is 2.30 bits per heavy atom. The molecule has 0 fully saturated rings. The molecule has 0 aromatic heterocycles. The third-order valence-electron chi connectivity index (χ3n) is 3.00. The number of carboxylic acid groups (broad SMARTS) is 1. The summed E-state index contributed by atoms with van der Waals surface area (Å²) in [6.07, 6.45) is 0.0713. The van der Waals surface area contributed by atoms with E-state index in [9.17, 15) is 9.18 Å². The largest absolute Gasteiger partial charge is 0.496 e. The third kappa shape index (κ3) is 3.60. The summed E-state index contributed by atoms with van der Waals surface area (Å²) >= 11 is 0. The lowest BCUT2D eigenvalue weighted by Crippen LogP contribution is -2.32. The van der Waals surface area contributed by atoms with Crippen molar-refractivity contribution < 1.29 is 23.8 Å². The standard InChI is InChI=1S/C14H20FNO4/c1-14(2,15)9-7-11(19-3)8(6-12(9)20-4)5-10(16)13(17)18/h6-7,10H,5,16H2,1-4H3,(H,17,18). The van der Waals surface area contributed by atoms with Crippen LogP contribution in [0, 0.1) is 0 Å². The summed E-state index contributed by atoms with van der Waals surface area (Å²) in [4.78, 5) is 10.8. The van der Waals surface area contributed by atoms with E-state index in [1.54, 1.807) is 6.07 Å². The summed E-state index contributed by atoms with van der Waals surface area (Å²) in [7, 11) is 2.87. The van der Waals surface area contributed by atoms with Crippen molar-refractivity contribution in [3.63, 3.8) is 0 Å². The maximum atomic E-state index is 14.2. The van der Waals surface area contributed by atoms with Gasteiger partial charge in [0, 0.05) is 12.0 Å². The predicted molar refractivity (Wildman–Crippen MR) is 73.0 cm³/mol. The summed E-state index contributed by atoms with van der Waals surface area (Å²) in [5, 5.41) is 8.86. The van der Waals surface area contributed by atoms with Crippen molar-refractivity contribution in [1.82, 2.24) is 0 Å². The summed E-state index contributed by atoms with van der Waals surface area (Å²) in [6, 6.07) is 2.03. The van der Waals surface area contributed by atoms with Crippen molar-refractivity contribution in [2.75, 3.05) is 14.2 Å². The number of ether oxygens (including phenoxy) is 2. The number of halogens is 1. The van der Waals surface area contributed by atoms with Crippen molar-refractivity contribution in [2.45, 2.75) is 32.0 Å². The Morgan fingerprint density at radius 1 is 1.35 bits per heavy atom. The van der Waals surface area contributed by atoms with Gasteiger partial charge in [-0.2, -0.15) is 0 Å². The van der Waals surface area contributed by atoms with E-state index in [4.69, 9.17) is 20.3 Å². The number of rotatable bonds is 6. The van der Waals surface area contributed by atoms with Gasteiger partial charge in [-0.05, 0) is 31.5 Å². The molecule has 1 atom stereocenters. The molecule has 0 bridgehead atoms. The topological polar surface area (TPSA) is 81.8 Å². The van der Waals surface area contributed by atoms with Crippen LogP contribution >= 0.6 is 0 Å². The number of alkyl halides is 1. The summed E-state index contributed by atoms with van der Waals surface area (Å²) in [6.45, 7) is 2.82. The molecule has 0 heterocycles. The molecule has 112 valence electrons. The van der Waals surface area contributed by atoms with Gasteiger partial charge in [-0.1, -0.05) is 0 Å². The predicted octanol–water partition coefficient (Wildman–Crippen LogP) is 1.86. The van der Waals surface area contributed by atoms with E-state index in [1.165, 1.54) is 34.1 Å². The van der Waals surface area contributed by atoms with Crippen LogP contribution in [0.1, 0.15) is 25.0 Å². The van der Waals surface area contributed by atoms with Crippen molar-refractivity contribution in [2.24, 2.45) is 5.73 Å². The SMILES string of the molecule is COc1cc(C(C)(C)F)c(OC)cc1CC(N)C(=O)O. The highest BCUT2D eigenvalue weighted by Crippen LogP contribution is 2.38. The summed E-state index contributed by atoms with van der Waals surface area (Å²) < 4.78 is 24.5. The second-order valence-corrected chi connectivity index (χ2v) is 4.99. The number of methoxy groups -OCH3 is 2. The van der Waals surface area contributed by atoms with Gasteiger partial charge in [-0.25, -0.2) is 4.39 Å². The zero-order chi connectivity index (χ0) is 15.5. The molecule has 0 aliphatic heterocycles. The van der Waals surface area contributed by atoms with E-state index >= 15 is 0 Å². The second-order valence-electron chi connectivity index (χ2n) is 4.99. The van der Waals surface area contributed by atoms with Gasteiger partial charge in [-0.3, -0.25) is 4.79 Å². The van der Waals surface area contributed by atoms with Gasteiger partial charge >= 0.3 is 5.97 Å². The van der Waals surface area contributed by atoms with Gasteiger partial charge in [0.05, 0.1) is 14.2 Å². The zero-order valence-corrected chi connectivity index (χ0v) is 12.1. The second kappa shape index (κ2) is 6.09. The molecule has 1 aromatic carbocycles. The number of hydrogen-bond acceptors (Lipinski definition) is 4. The first-order chi connectivity index (χ1) is 9.20. The molecule has 1 unspecified atom stereocenters. The number of carbonyl (C=O) groups is 1. The average molecular weight is 285 g/mol. The molecule has 0 amide bonds. The third-order valence-corrected chi connectivity index (χ3v) is 3.00. The fourth-order valence-corrected chi connectivity index (χ4v) is 1.91. The van der Waals surface area contributed by atoms with Gasteiger partial charge in [0.2, 0.25) is 0 Å². The molecule has 0 aliphatic carbocycles. The molecule has 20 heavy (non-hydrogen) atoms. The Balaban J connectivity index is 3.29. The smallest absolute Gasteiger partial charge is 0.320 e. The number of nitrogens with two attached hydrogens (primary N) is 1. The van der Waals surface area contributed by atoms with Crippen LogP contribution in [0.2, 0.25) is 0 Å². The lowest BCUT2D eigenvalue weighted by Gasteiger charge is -2.21. The molecule has 0 radical (unpaired) electrons. The molecule has 1 rings (SSSR count). The first kappa shape index (κ1) is 16.2. The zero-order valence-electron chi connectivity index (χ0n) is 12.1. The minimum atomic E-state index is -1.61. The number of hydrogen-bond donors (Lipinski definition) is 2. The van der Waals surface area contributed by atoms with Gasteiger partial charge in [0.1, 0.15) is 23.2 Å². The van der Waals surface area contributed by atoms with Crippen LogP contribution in [0.3, 0.4) is 0 Å². The monoisotopic (exact) mass is 285 g/mol. The van der Waals surface area contributed by atoms with E-state index in [0.717, 1.165) is 0 Å². The molecule has 0 saturated heterocycles. The van der Waals surface area contributed by atoms with Gasteiger partial charge in [0.25, 0.3) is 0 Å². The van der Waals surface area contributed by atoms with Crippen LogP contribution in [0.25, 0.3) is 0 Å². The number of benzene rings is 1. The minimum absolute atomic E-state index is 0.0713. The Hall–Kier alpha value is -1.82. The quantitative estimate of drug-likeness (QED) is 0.833. The molecule has 1 aromatic rings. The Labute approximate surface area is 117 Å². The first-order valence-electron chi connectivity index (χ1n) is 6.13. The van der Waals surface area contributed by atoms with Crippen molar-refractivity contribution in [3.05, 3.63) is 23.3 Å². The highest BCUT2D eigenvalue weighted by molar-refractivity contribution is 5.73. The average Bonchev–Trinajstić information content (AvgIpc) is 2.36. The highest BCUT2D eigenvalue weighted by Gasteiger charge is 2.26. The molecule has 0 saturated carbocycles. The highest BCUT2D eigenvalue weighted by atomic mass is 19.1. The molecule has 3 N–H and O–H groups in total. The van der Waals surface area contributed by atoms with Crippen LogP contribution < -0.4 is 15.2 Å². The Kier molecular flexibility index (Phi) is 4.94. The summed E-state index contributed by atoms with van der Waals surface area (Å²) in [5.41, 5.74) is 4.81. The van der Waals surface area contributed by atoms with E-state index in [2.05, 4.69) is 0 Å². The fourth-order valence-electron chi connectivity index (χ4n) is 1.91. The fraction of sp³-hybridized carbons (Fsp3) is 0.500. The van der Waals surface area contributed by atoms with Crippen LogP contribution in [-0.4, -0.2) is 31.3 Å². The maximum Gasteiger partial charge on any atom is 0.320 e. The lowest BCUT2D eigenvalue weighted by atomic mass is 9.95. The molecular formula is C14H20FNO4. The molecule has 0 spiro atoms. The minimum Gasteiger partial charge on any atom is -0.496 e. The molecule has 0 aliphatic rings. The summed E-state index contributed by atoms with van der Waals surface area (Å²) in [5.74, 6) is -0.380. The van der Waals surface area contributed by atoms with E-state index in [0.29, 0.717) is 22.6 Å². The van der Waals surface area contributed by atoms with E-state index < -0.39 is 17.7 Å². The normalized spacial score (nSPS) is 12.9. The van der Waals surface area contributed by atoms with Crippen LogP contribution in [0.5, 0.6) is 11.5 Å². The lowest BCUT2D eigenvalue weighted by molar-refractivity contribution is -0.138. The van der Waals surface area contributed by atoms with Crippen molar-refractivity contribution in [1.29, 1.82) is 0 Å². The molecular weight excluding hydrogens is 265 g/mol. The van der Waals surface area contributed by atoms with E-state index in [1.807, 2.05) is 0 Å².